The first-order valence-corrected chi connectivity index (χ1v) is 10.6. The average Bonchev–Trinajstić information content (AvgIpc) is 2.60. The van der Waals surface area contributed by atoms with Crippen molar-refractivity contribution < 1.29 is 17.6 Å². The first-order chi connectivity index (χ1) is 13.7. The molecule has 0 aliphatic heterocycles. The topological polar surface area (TPSA) is 75.3 Å². The second-order valence-corrected chi connectivity index (χ2v) is 8.80. The summed E-state index contributed by atoms with van der Waals surface area (Å²) >= 11 is 17.6. The van der Waals surface area contributed by atoms with Gasteiger partial charge in [0.1, 0.15) is 5.82 Å². The summed E-state index contributed by atoms with van der Waals surface area (Å²) in [6.07, 6.45) is 0. The predicted octanol–water partition coefficient (Wildman–Crippen LogP) is 5.84. The monoisotopic (exact) mass is 472 g/mol. The van der Waals surface area contributed by atoms with Crippen LogP contribution in [-0.4, -0.2) is 14.3 Å². The lowest BCUT2D eigenvalue weighted by atomic mass is 10.2. The Morgan fingerprint density at radius 3 is 2.07 bits per heavy atom. The zero-order valence-electron chi connectivity index (χ0n) is 14.4. The molecule has 0 atom stereocenters. The zero-order valence-corrected chi connectivity index (χ0v) is 17.5. The molecule has 0 heterocycles. The van der Waals surface area contributed by atoms with Crippen molar-refractivity contribution in [3.63, 3.8) is 0 Å². The van der Waals surface area contributed by atoms with Gasteiger partial charge in [-0.1, -0.05) is 40.9 Å². The van der Waals surface area contributed by atoms with Crippen LogP contribution in [0.25, 0.3) is 0 Å². The van der Waals surface area contributed by atoms with Crippen LogP contribution in [-0.2, 0) is 10.0 Å². The summed E-state index contributed by atoms with van der Waals surface area (Å²) in [7, 11) is -3.92. The summed E-state index contributed by atoms with van der Waals surface area (Å²) in [5.74, 6) is -1.52. The van der Waals surface area contributed by atoms with Gasteiger partial charge in [0, 0.05) is 15.7 Å². The van der Waals surface area contributed by atoms with Crippen molar-refractivity contribution in [1.29, 1.82) is 0 Å². The maximum absolute atomic E-state index is 13.8. The van der Waals surface area contributed by atoms with Crippen LogP contribution in [0, 0.1) is 5.82 Å². The standard InChI is InChI=1S/C19H12Cl3FN2O3S/c20-11-8-12(21)10-14(9-11)25-29(27,28)15-6-4-13(5-7-15)24-19(26)18-16(22)2-1-3-17(18)23/h1-10,25H,(H,24,26). The Kier molecular flexibility index (Phi) is 6.33. The third kappa shape index (κ3) is 5.19. The van der Waals surface area contributed by atoms with E-state index in [1.807, 2.05) is 0 Å². The lowest BCUT2D eigenvalue weighted by molar-refractivity contribution is 0.102. The summed E-state index contributed by atoms with van der Waals surface area (Å²) < 4.78 is 41.2. The van der Waals surface area contributed by atoms with Gasteiger partial charge in [0.2, 0.25) is 0 Å². The second kappa shape index (κ2) is 8.59. The van der Waals surface area contributed by atoms with E-state index >= 15 is 0 Å². The lowest BCUT2D eigenvalue weighted by Crippen LogP contribution is -2.15. The molecule has 0 unspecified atom stereocenters. The highest BCUT2D eigenvalue weighted by molar-refractivity contribution is 7.92. The zero-order chi connectivity index (χ0) is 21.2. The third-order valence-corrected chi connectivity index (χ3v) is 5.88. The van der Waals surface area contributed by atoms with E-state index < -0.39 is 21.7 Å². The number of sulfonamides is 1. The minimum absolute atomic E-state index is 0.0360. The summed E-state index contributed by atoms with van der Waals surface area (Å²) in [4.78, 5) is 12.2. The molecule has 0 spiro atoms. The number of hydrogen-bond acceptors (Lipinski definition) is 3. The normalized spacial score (nSPS) is 11.2. The number of carbonyl (C=O) groups excluding carboxylic acids is 1. The first-order valence-electron chi connectivity index (χ1n) is 8.00. The van der Waals surface area contributed by atoms with Crippen molar-refractivity contribution in [3.8, 4) is 0 Å². The molecule has 0 fully saturated rings. The summed E-state index contributed by atoms with van der Waals surface area (Å²) in [5, 5.41) is 2.99. The van der Waals surface area contributed by atoms with Gasteiger partial charge in [0.05, 0.1) is 21.2 Å². The van der Waals surface area contributed by atoms with Gasteiger partial charge in [-0.25, -0.2) is 12.8 Å². The van der Waals surface area contributed by atoms with Crippen LogP contribution in [0.4, 0.5) is 15.8 Å². The van der Waals surface area contributed by atoms with Crippen LogP contribution >= 0.6 is 34.8 Å². The van der Waals surface area contributed by atoms with E-state index in [0.717, 1.165) is 6.07 Å². The molecule has 0 saturated carbocycles. The molecule has 3 aromatic carbocycles. The number of rotatable bonds is 5. The molecule has 0 radical (unpaired) electrons. The quantitative estimate of drug-likeness (QED) is 0.489. The smallest absolute Gasteiger partial charge is 0.261 e. The van der Waals surface area contributed by atoms with Gasteiger partial charge < -0.3 is 5.32 Å². The summed E-state index contributed by atoms with van der Waals surface area (Å²) in [6.45, 7) is 0. The van der Waals surface area contributed by atoms with Crippen molar-refractivity contribution in [1.82, 2.24) is 0 Å². The minimum atomic E-state index is -3.92. The predicted molar refractivity (Wildman–Crippen MR) is 113 cm³/mol. The van der Waals surface area contributed by atoms with Crippen molar-refractivity contribution in [3.05, 3.63) is 87.1 Å². The minimum Gasteiger partial charge on any atom is -0.322 e. The molecule has 150 valence electrons. The van der Waals surface area contributed by atoms with Gasteiger partial charge in [-0.3, -0.25) is 9.52 Å². The van der Waals surface area contributed by atoms with E-state index in [1.54, 1.807) is 0 Å². The highest BCUT2D eigenvalue weighted by Gasteiger charge is 2.18. The van der Waals surface area contributed by atoms with Gasteiger partial charge in [-0.05, 0) is 54.6 Å². The number of hydrogen-bond donors (Lipinski definition) is 2. The van der Waals surface area contributed by atoms with Gasteiger partial charge in [-0.2, -0.15) is 0 Å². The molecule has 0 aromatic heterocycles. The fourth-order valence-electron chi connectivity index (χ4n) is 2.45. The van der Waals surface area contributed by atoms with Crippen LogP contribution in [0.2, 0.25) is 15.1 Å². The number of anilines is 2. The Morgan fingerprint density at radius 1 is 0.862 bits per heavy atom. The fraction of sp³-hybridized carbons (Fsp3) is 0. The molecular weight excluding hydrogens is 462 g/mol. The van der Waals surface area contributed by atoms with Crippen LogP contribution in [0.15, 0.2) is 65.6 Å². The van der Waals surface area contributed by atoms with E-state index in [9.17, 15) is 17.6 Å². The molecule has 0 saturated heterocycles. The Labute approximate surface area is 181 Å². The molecule has 0 aliphatic carbocycles. The van der Waals surface area contributed by atoms with Crippen LogP contribution < -0.4 is 10.0 Å². The molecule has 2 N–H and O–H groups in total. The molecule has 0 bridgehead atoms. The molecule has 3 rings (SSSR count). The van der Waals surface area contributed by atoms with E-state index in [0.29, 0.717) is 0 Å². The Bertz CT molecular complexity index is 1150. The van der Waals surface area contributed by atoms with E-state index in [-0.39, 0.29) is 36.9 Å². The van der Waals surface area contributed by atoms with E-state index in [4.69, 9.17) is 34.8 Å². The van der Waals surface area contributed by atoms with Crippen molar-refractivity contribution in [2.75, 3.05) is 10.0 Å². The first kappa shape index (κ1) is 21.4. The number of nitrogens with one attached hydrogen (secondary N) is 2. The van der Waals surface area contributed by atoms with Crippen molar-refractivity contribution >= 4 is 62.1 Å². The number of amides is 1. The molecular formula is C19H12Cl3FN2O3S. The molecule has 10 heteroatoms. The SMILES string of the molecule is O=C(Nc1ccc(S(=O)(=O)Nc2cc(Cl)cc(Cl)c2)cc1)c1c(F)cccc1Cl. The molecule has 5 nitrogen and oxygen atoms in total. The van der Waals surface area contributed by atoms with Crippen molar-refractivity contribution in [2.24, 2.45) is 0 Å². The highest BCUT2D eigenvalue weighted by atomic mass is 35.5. The van der Waals surface area contributed by atoms with Crippen LogP contribution in [0.5, 0.6) is 0 Å². The van der Waals surface area contributed by atoms with Gasteiger partial charge >= 0.3 is 0 Å². The average molecular weight is 474 g/mol. The molecule has 1 amide bonds. The second-order valence-electron chi connectivity index (χ2n) is 5.84. The van der Waals surface area contributed by atoms with E-state index in [1.165, 1.54) is 54.6 Å². The number of halogens is 4. The Morgan fingerprint density at radius 2 is 1.48 bits per heavy atom. The maximum Gasteiger partial charge on any atom is 0.261 e. The Balaban J connectivity index is 1.78. The fourth-order valence-corrected chi connectivity index (χ4v) is 4.27. The summed E-state index contributed by atoms with van der Waals surface area (Å²) in [5.41, 5.74) is 0.165. The molecule has 3 aromatic rings. The Hall–Kier alpha value is -2.32. The molecule has 29 heavy (non-hydrogen) atoms. The number of carbonyl (C=O) groups is 1. The van der Waals surface area contributed by atoms with Crippen LogP contribution in [0.1, 0.15) is 10.4 Å². The largest absolute Gasteiger partial charge is 0.322 e. The van der Waals surface area contributed by atoms with Gasteiger partial charge in [0.25, 0.3) is 15.9 Å². The van der Waals surface area contributed by atoms with Crippen molar-refractivity contribution in [2.45, 2.75) is 4.90 Å². The van der Waals surface area contributed by atoms with E-state index in [2.05, 4.69) is 10.0 Å². The molecule has 0 aliphatic rings. The number of benzene rings is 3. The summed E-state index contributed by atoms with van der Waals surface area (Å²) in [6, 6.07) is 13.5. The van der Waals surface area contributed by atoms with Crippen LogP contribution in [0.3, 0.4) is 0 Å². The third-order valence-electron chi connectivity index (χ3n) is 3.73. The van der Waals surface area contributed by atoms with Gasteiger partial charge in [0.15, 0.2) is 0 Å². The maximum atomic E-state index is 13.8. The lowest BCUT2D eigenvalue weighted by Gasteiger charge is -2.11. The highest BCUT2D eigenvalue weighted by Crippen LogP contribution is 2.25. The van der Waals surface area contributed by atoms with Gasteiger partial charge in [-0.15, -0.1) is 0 Å².